The fourth-order valence-corrected chi connectivity index (χ4v) is 1.60. The average molecular weight is 277 g/mol. The molecule has 0 radical (unpaired) electrons. The van der Waals surface area contributed by atoms with E-state index in [2.05, 4.69) is 9.98 Å². The molecule has 0 spiro atoms. The normalized spacial score (nSPS) is 12.6. The first kappa shape index (κ1) is 12.8. The molecule has 0 bridgehead atoms. The Morgan fingerprint density at radius 1 is 0.611 bits per heavy atom. The first-order valence-corrected chi connectivity index (χ1v) is 6.10. The molecule has 0 aliphatic carbocycles. The van der Waals surface area contributed by atoms with Gasteiger partial charge in [0.15, 0.2) is 10.3 Å². The maximum Gasteiger partial charge on any atom is 0.166 e. The zero-order valence-electron chi connectivity index (χ0n) is 9.42. The van der Waals surface area contributed by atoms with Crippen LogP contribution in [0.25, 0.3) is 0 Å². The Morgan fingerprint density at radius 3 is 1.28 bits per heavy atom. The second-order valence-electron chi connectivity index (χ2n) is 3.48. The molecule has 0 aromatic heterocycles. The van der Waals surface area contributed by atoms with E-state index in [1.54, 1.807) is 0 Å². The highest BCUT2D eigenvalue weighted by atomic mass is 35.5. The Balaban J connectivity index is 2.21. The van der Waals surface area contributed by atoms with Crippen molar-refractivity contribution >= 4 is 44.9 Å². The van der Waals surface area contributed by atoms with Gasteiger partial charge in [0.05, 0.1) is 11.4 Å². The van der Waals surface area contributed by atoms with Crippen molar-refractivity contribution in [2.24, 2.45) is 9.98 Å². The van der Waals surface area contributed by atoms with E-state index in [1.807, 2.05) is 60.7 Å². The molecular formula is C14H10Cl2N2. The van der Waals surface area contributed by atoms with Crippen LogP contribution in [0.5, 0.6) is 0 Å². The molecule has 0 aliphatic heterocycles. The minimum atomic E-state index is 0.173. The fraction of sp³-hybridized carbons (Fsp3) is 0. The van der Waals surface area contributed by atoms with E-state index in [1.165, 1.54) is 0 Å². The van der Waals surface area contributed by atoms with Gasteiger partial charge >= 0.3 is 0 Å². The summed E-state index contributed by atoms with van der Waals surface area (Å²) in [4.78, 5) is 8.35. The summed E-state index contributed by atoms with van der Waals surface area (Å²) in [6.45, 7) is 0. The highest BCUT2D eigenvalue weighted by Crippen LogP contribution is 2.16. The second kappa shape index (κ2) is 6.34. The molecule has 2 rings (SSSR count). The zero-order chi connectivity index (χ0) is 12.8. The molecule has 0 saturated heterocycles. The highest BCUT2D eigenvalue weighted by molar-refractivity contribution is 7.00. The van der Waals surface area contributed by atoms with Crippen molar-refractivity contribution < 1.29 is 0 Å². The molecule has 0 unspecified atom stereocenters. The van der Waals surface area contributed by atoms with Crippen LogP contribution in [-0.4, -0.2) is 10.3 Å². The minimum absolute atomic E-state index is 0.173. The first-order chi connectivity index (χ1) is 8.75. The molecule has 0 aliphatic rings. The Kier molecular flexibility index (Phi) is 4.51. The highest BCUT2D eigenvalue weighted by Gasteiger charge is 2.03. The lowest BCUT2D eigenvalue weighted by molar-refractivity contribution is 1.52. The predicted molar refractivity (Wildman–Crippen MR) is 78.8 cm³/mol. The summed E-state index contributed by atoms with van der Waals surface area (Å²) in [5.41, 5.74) is 1.48. The Labute approximate surface area is 116 Å². The smallest absolute Gasteiger partial charge is 0.166 e. The molecule has 0 N–H and O–H groups in total. The Bertz CT molecular complexity index is 509. The van der Waals surface area contributed by atoms with Crippen LogP contribution in [0.1, 0.15) is 0 Å². The molecular weight excluding hydrogens is 267 g/mol. The van der Waals surface area contributed by atoms with Crippen molar-refractivity contribution in [3.05, 3.63) is 60.7 Å². The van der Waals surface area contributed by atoms with E-state index in [9.17, 15) is 0 Å². The number of para-hydroxylation sites is 2. The fourth-order valence-electron chi connectivity index (χ4n) is 1.32. The van der Waals surface area contributed by atoms with Gasteiger partial charge < -0.3 is 0 Å². The van der Waals surface area contributed by atoms with Gasteiger partial charge in [-0.3, -0.25) is 0 Å². The van der Waals surface area contributed by atoms with Gasteiger partial charge in [0.1, 0.15) is 0 Å². The lowest BCUT2D eigenvalue weighted by Crippen LogP contribution is -1.97. The summed E-state index contributed by atoms with van der Waals surface area (Å²) in [5.74, 6) is 0. The third-order valence-corrected chi connectivity index (χ3v) is 2.76. The average Bonchev–Trinajstić information content (AvgIpc) is 2.41. The maximum atomic E-state index is 6.00. The van der Waals surface area contributed by atoms with E-state index in [0.29, 0.717) is 0 Å². The number of hydrogen-bond acceptors (Lipinski definition) is 2. The summed E-state index contributed by atoms with van der Waals surface area (Å²) in [5, 5.41) is 0.346. The van der Waals surface area contributed by atoms with Crippen LogP contribution in [0.4, 0.5) is 11.4 Å². The number of aliphatic imine (C=N–C) groups is 2. The third-order valence-electron chi connectivity index (χ3n) is 2.14. The molecule has 2 nitrogen and oxygen atoms in total. The number of benzene rings is 2. The molecule has 0 saturated carbocycles. The Hall–Kier alpha value is -1.64. The van der Waals surface area contributed by atoms with Crippen LogP contribution in [0.3, 0.4) is 0 Å². The third kappa shape index (κ3) is 3.69. The van der Waals surface area contributed by atoms with Crippen LogP contribution in [0.2, 0.25) is 0 Å². The van der Waals surface area contributed by atoms with Crippen molar-refractivity contribution in [2.75, 3.05) is 0 Å². The summed E-state index contributed by atoms with van der Waals surface area (Å²) >= 11 is 12.0. The SMILES string of the molecule is ClC(=Nc1ccccc1)C(Cl)=Nc1ccccc1. The van der Waals surface area contributed by atoms with Crippen LogP contribution >= 0.6 is 23.2 Å². The van der Waals surface area contributed by atoms with Gasteiger partial charge in [-0.05, 0) is 24.3 Å². The number of hydrogen-bond donors (Lipinski definition) is 0. The van der Waals surface area contributed by atoms with Gasteiger partial charge in [-0.15, -0.1) is 0 Å². The van der Waals surface area contributed by atoms with Gasteiger partial charge in [-0.1, -0.05) is 59.6 Å². The van der Waals surface area contributed by atoms with Crippen molar-refractivity contribution in [2.45, 2.75) is 0 Å². The van der Waals surface area contributed by atoms with Crippen LogP contribution < -0.4 is 0 Å². The lowest BCUT2D eigenvalue weighted by atomic mass is 10.3. The molecule has 0 amide bonds. The topological polar surface area (TPSA) is 24.7 Å². The van der Waals surface area contributed by atoms with Crippen molar-refractivity contribution in [3.63, 3.8) is 0 Å². The van der Waals surface area contributed by atoms with Gasteiger partial charge in [0, 0.05) is 0 Å². The molecule has 0 heterocycles. The molecule has 18 heavy (non-hydrogen) atoms. The van der Waals surface area contributed by atoms with Crippen molar-refractivity contribution in [1.82, 2.24) is 0 Å². The molecule has 90 valence electrons. The van der Waals surface area contributed by atoms with E-state index >= 15 is 0 Å². The second-order valence-corrected chi connectivity index (χ2v) is 4.19. The number of nitrogens with zero attached hydrogens (tertiary/aromatic N) is 2. The molecule has 0 atom stereocenters. The summed E-state index contributed by atoms with van der Waals surface area (Å²) in [7, 11) is 0. The van der Waals surface area contributed by atoms with Gasteiger partial charge in [0.2, 0.25) is 0 Å². The van der Waals surface area contributed by atoms with Crippen LogP contribution in [0.15, 0.2) is 70.6 Å². The maximum absolute atomic E-state index is 6.00. The lowest BCUT2D eigenvalue weighted by Gasteiger charge is -1.97. The van der Waals surface area contributed by atoms with Crippen LogP contribution in [-0.2, 0) is 0 Å². The molecule has 2 aromatic rings. The van der Waals surface area contributed by atoms with Gasteiger partial charge in [-0.2, -0.15) is 0 Å². The van der Waals surface area contributed by atoms with Crippen molar-refractivity contribution in [3.8, 4) is 0 Å². The van der Waals surface area contributed by atoms with E-state index in [-0.39, 0.29) is 10.3 Å². The van der Waals surface area contributed by atoms with Crippen molar-refractivity contribution in [1.29, 1.82) is 0 Å². The van der Waals surface area contributed by atoms with Crippen LogP contribution in [0, 0.1) is 0 Å². The standard InChI is InChI=1S/C14H10Cl2N2/c15-13(17-11-7-3-1-4-8-11)14(16)18-12-9-5-2-6-10-12/h1-10H. The predicted octanol–water partition coefficient (Wildman–Crippen LogP) is 4.92. The zero-order valence-corrected chi connectivity index (χ0v) is 10.9. The monoisotopic (exact) mass is 276 g/mol. The largest absolute Gasteiger partial charge is 0.233 e. The Morgan fingerprint density at radius 2 is 0.944 bits per heavy atom. The summed E-state index contributed by atoms with van der Waals surface area (Å²) in [6, 6.07) is 18.7. The van der Waals surface area contributed by atoms with E-state index < -0.39 is 0 Å². The first-order valence-electron chi connectivity index (χ1n) is 5.34. The van der Waals surface area contributed by atoms with Gasteiger partial charge in [0.25, 0.3) is 0 Å². The molecule has 2 aromatic carbocycles. The number of rotatable bonds is 3. The van der Waals surface area contributed by atoms with E-state index in [4.69, 9.17) is 23.2 Å². The summed E-state index contributed by atoms with van der Waals surface area (Å²) in [6.07, 6.45) is 0. The minimum Gasteiger partial charge on any atom is -0.233 e. The molecule has 4 heteroatoms. The quantitative estimate of drug-likeness (QED) is 0.711. The molecule has 0 fully saturated rings. The van der Waals surface area contributed by atoms with E-state index in [0.717, 1.165) is 11.4 Å². The number of halogens is 2. The van der Waals surface area contributed by atoms with Gasteiger partial charge in [-0.25, -0.2) is 9.98 Å². The summed E-state index contributed by atoms with van der Waals surface area (Å²) < 4.78 is 0.